The van der Waals surface area contributed by atoms with Crippen molar-refractivity contribution in [2.45, 2.75) is 19.4 Å². The molecule has 132 valence electrons. The molecule has 1 atom stereocenters. The number of anilines is 1. The van der Waals surface area contributed by atoms with Crippen LogP contribution in [0.5, 0.6) is 17.2 Å². The summed E-state index contributed by atoms with van der Waals surface area (Å²) >= 11 is 0. The van der Waals surface area contributed by atoms with Crippen molar-refractivity contribution in [3.63, 3.8) is 0 Å². The van der Waals surface area contributed by atoms with Crippen molar-refractivity contribution < 1.29 is 14.3 Å². The second kappa shape index (κ2) is 8.72. The first-order valence-electron chi connectivity index (χ1n) is 8.60. The van der Waals surface area contributed by atoms with Crippen molar-refractivity contribution in [1.82, 2.24) is 0 Å². The van der Waals surface area contributed by atoms with Crippen LogP contribution >= 0.6 is 0 Å². The molecule has 0 aliphatic carbocycles. The molecule has 0 aliphatic rings. The fourth-order valence-corrected chi connectivity index (χ4v) is 2.44. The van der Waals surface area contributed by atoms with Crippen molar-refractivity contribution in [3.8, 4) is 17.2 Å². The minimum Gasteiger partial charge on any atom is -0.481 e. The Balaban J connectivity index is 1.59. The molecule has 0 heterocycles. The summed E-state index contributed by atoms with van der Waals surface area (Å²) in [6, 6.07) is 26.2. The molecule has 0 aromatic heterocycles. The van der Waals surface area contributed by atoms with Gasteiger partial charge in [0, 0.05) is 5.69 Å². The third-order valence-electron chi connectivity index (χ3n) is 3.79. The van der Waals surface area contributed by atoms with Gasteiger partial charge in [-0.3, -0.25) is 4.79 Å². The lowest BCUT2D eigenvalue weighted by atomic mass is 10.2. The van der Waals surface area contributed by atoms with Gasteiger partial charge in [-0.2, -0.15) is 0 Å². The van der Waals surface area contributed by atoms with Gasteiger partial charge in [0.1, 0.15) is 17.2 Å². The Kier molecular flexibility index (Phi) is 5.88. The molecule has 1 amide bonds. The van der Waals surface area contributed by atoms with Crippen LogP contribution in [-0.4, -0.2) is 12.0 Å². The van der Waals surface area contributed by atoms with E-state index in [0.29, 0.717) is 23.6 Å². The Morgan fingerprint density at radius 3 is 1.92 bits per heavy atom. The number of carbonyl (C=O) groups excluding carboxylic acids is 1. The number of benzene rings is 3. The molecule has 0 saturated heterocycles. The highest BCUT2D eigenvalue weighted by atomic mass is 16.5. The quantitative estimate of drug-likeness (QED) is 0.633. The second-order valence-corrected chi connectivity index (χ2v) is 5.76. The first kappa shape index (κ1) is 17.5. The molecule has 4 nitrogen and oxygen atoms in total. The SMILES string of the molecule is CC[C@H](Oc1ccccc1)C(=O)Nc1ccc(Oc2ccccc2)cc1. The molecule has 0 bridgehead atoms. The van der Waals surface area contributed by atoms with Crippen LogP contribution in [0.3, 0.4) is 0 Å². The number of hydrogen-bond acceptors (Lipinski definition) is 3. The summed E-state index contributed by atoms with van der Waals surface area (Å²) in [5, 5.41) is 2.88. The van der Waals surface area contributed by atoms with E-state index in [1.807, 2.05) is 91.9 Å². The molecule has 3 rings (SSSR count). The van der Waals surface area contributed by atoms with Gasteiger partial charge in [0.2, 0.25) is 0 Å². The van der Waals surface area contributed by atoms with Crippen LogP contribution in [0.4, 0.5) is 5.69 Å². The molecular weight excluding hydrogens is 326 g/mol. The van der Waals surface area contributed by atoms with E-state index in [9.17, 15) is 4.79 Å². The Morgan fingerprint density at radius 2 is 1.35 bits per heavy atom. The lowest BCUT2D eigenvalue weighted by Gasteiger charge is -2.17. The average molecular weight is 347 g/mol. The van der Waals surface area contributed by atoms with Gasteiger partial charge in [0.25, 0.3) is 5.91 Å². The maximum Gasteiger partial charge on any atom is 0.265 e. The van der Waals surface area contributed by atoms with Crippen LogP contribution in [0.25, 0.3) is 0 Å². The van der Waals surface area contributed by atoms with Crippen LogP contribution in [0, 0.1) is 0 Å². The van der Waals surface area contributed by atoms with E-state index in [2.05, 4.69) is 5.32 Å². The molecular formula is C22H21NO3. The summed E-state index contributed by atoms with van der Waals surface area (Å²) in [5.74, 6) is 1.99. The van der Waals surface area contributed by atoms with Crippen molar-refractivity contribution >= 4 is 11.6 Å². The van der Waals surface area contributed by atoms with Gasteiger partial charge in [-0.25, -0.2) is 0 Å². The zero-order chi connectivity index (χ0) is 18.2. The largest absolute Gasteiger partial charge is 0.481 e. The monoisotopic (exact) mass is 347 g/mol. The van der Waals surface area contributed by atoms with E-state index >= 15 is 0 Å². The zero-order valence-electron chi connectivity index (χ0n) is 14.6. The highest BCUT2D eigenvalue weighted by molar-refractivity contribution is 5.94. The standard InChI is InChI=1S/C22H21NO3/c1-2-21(26-19-11-7-4-8-12-19)22(24)23-17-13-15-20(16-14-17)25-18-9-5-3-6-10-18/h3-16,21H,2H2,1H3,(H,23,24)/t21-/m0/s1. The summed E-state index contributed by atoms with van der Waals surface area (Å²) in [6.07, 6.45) is 0.0354. The van der Waals surface area contributed by atoms with E-state index in [-0.39, 0.29) is 5.91 Å². The van der Waals surface area contributed by atoms with Crippen LogP contribution in [0.2, 0.25) is 0 Å². The number of hydrogen-bond donors (Lipinski definition) is 1. The third-order valence-corrected chi connectivity index (χ3v) is 3.79. The number of nitrogens with one attached hydrogen (secondary N) is 1. The molecule has 3 aromatic carbocycles. The third kappa shape index (κ3) is 4.86. The number of rotatable bonds is 7. The van der Waals surface area contributed by atoms with Gasteiger partial charge in [-0.1, -0.05) is 43.3 Å². The number of carbonyl (C=O) groups is 1. The highest BCUT2D eigenvalue weighted by Gasteiger charge is 2.18. The molecule has 0 saturated carbocycles. The van der Waals surface area contributed by atoms with Crippen molar-refractivity contribution in [2.75, 3.05) is 5.32 Å². The first-order valence-corrected chi connectivity index (χ1v) is 8.60. The molecule has 0 radical (unpaired) electrons. The fraction of sp³-hybridized carbons (Fsp3) is 0.136. The lowest BCUT2D eigenvalue weighted by Crippen LogP contribution is -2.32. The molecule has 4 heteroatoms. The molecule has 0 unspecified atom stereocenters. The lowest BCUT2D eigenvalue weighted by molar-refractivity contribution is -0.122. The summed E-state index contributed by atoms with van der Waals surface area (Å²) in [4.78, 5) is 12.5. The number of para-hydroxylation sites is 2. The topological polar surface area (TPSA) is 47.6 Å². The van der Waals surface area contributed by atoms with Crippen molar-refractivity contribution in [3.05, 3.63) is 84.9 Å². The van der Waals surface area contributed by atoms with E-state index in [1.54, 1.807) is 0 Å². The maximum atomic E-state index is 12.5. The highest BCUT2D eigenvalue weighted by Crippen LogP contribution is 2.23. The Labute approximate surface area is 153 Å². The van der Waals surface area contributed by atoms with Crippen molar-refractivity contribution in [2.24, 2.45) is 0 Å². The van der Waals surface area contributed by atoms with Crippen LogP contribution < -0.4 is 14.8 Å². The van der Waals surface area contributed by atoms with E-state index in [0.717, 1.165) is 5.75 Å². The van der Waals surface area contributed by atoms with Gasteiger partial charge in [-0.15, -0.1) is 0 Å². The normalized spacial score (nSPS) is 11.4. The van der Waals surface area contributed by atoms with Crippen molar-refractivity contribution in [1.29, 1.82) is 0 Å². The minimum absolute atomic E-state index is 0.173. The van der Waals surface area contributed by atoms with Crippen LogP contribution in [0.1, 0.15) is 13.3 Å². The van der Waals surface area contributed by atoms with E-state index in [1.165, 1.54) is 0 Å². The smallest absolute Gasteiger partial charge is 0.265 e. The second-order valence-electron chi connectivity index (χ2n) is 5.76. The van der Waals surface area contributed by atoms with E-state index in [4.69, 9.17) is 9.47 Å². The Bertz CT molecular complexity index is 817. The predicted molar refractivity (Wildman–Crippen MR) is 103 cm³/mol. The summed E-state index contributed by atoms with van der Waals surface area (Å²) in [7, 11) is 0. The summed E-state index contributed by atoms with van der Waals surface area (Å²) < 4.78 is 11.5. The van der Waals surface area contributed by atoms with Crippen LogP contribution in [0.15, 0.2) is 84.9 Å². The molecule has 1 N–H and O–H groups in total. The zero-order valence-corrected chi connectivity index (χ0v) is 14.6. The molecule has 0 spiro atoms. The summed E-state index contributed by atoms with van der Waals surface area (Å²) in [5.41, 5.74) is 0.700. The van der Waals surface area contributed by atoms with Gasteiger partial charge >= 0.3 is 0 Å². The Hall–Kier alpha value is -3.27. The molecule has 0 aliphatic heterocycles. The maximum absolute atomic E-state index is 12.5. The first-order chi connectivity index (χ1) is 12.7. The Morgan fingerprint density at radius 1 is 0.808 bits per heavy atom. The van der Waals surface area contributed by atoms with Gasteiger partial charge < -0.3 is 14.8 Å². The van der Waals surface area contributed by atoms with Gasteiger partial charge in [0.15, 0.2) is 6.10 Å². The number of amides is 1. The molecule has 3 aromatic rings. The number of ether oxygens (including phenoxy) is 2. The van der Waals surface area contributed by atoms with E-state index < -0.39 is 6.10 Å². The van der Waals surface area contributed by atoms with Crippen LogP contribution in [-0.2, 0) is 4.79 Å². The minimum atomic E-state index is -0.544. The fourth-order valence-electron chi connectivity index (χ4n) is 2.44. The van der Waals surface area contributed by atoms with Gasteiger partial charge in [0.05, 0.1) is 0 Å². The average Bonchev–Trinajstić information content (AvgIpc) is 2.69. The van der Waals surface area contributed by atoms with Gasteiger partial charge in [-0.05, 0) is 55.0 Å². The predicted octanol–water partition coefficient (Wildman–Crippen LogP) is 5.28. The molecule has 0 fully saturated rings. The molecule has 26 heavy (non-hydrogen) atoms. The summed E-state index contributed by atoms with van der Waals surface area (Å²) in [6.45, 7) is 1.92.